The molecule has 2 N–H and O–H groups in total. The van der Waals surface area contributed by atoms with Crippen LogP contribution in [-0.2, 0) is 10.0 Å². The van der Waals surface area contributed by atoms with Crippen LogP contribution in [0.25, 0.3) is 0 Å². The second kappa shape index (κ2) is 5.09. The Hall–Kier alpha value is -0.640. The number of nitrogens with one attached hydrogen (secondary N) is 1. The highest BCUT2D eigenvalue weighted by Crippen LogP contribution is 1.95. The summed E-state index contributed by atoms with van der Waals surface area (Å²) in [6, 6.07) is 1.62. The van der Waals surface area contributed by atoms with Gasteiger partial charge in [-0.3, -0.25) is 0 Å². The van der Waals surface area contributed by atoms with Crippen molar-refractivity contribution in [3.63, 3.8) is 0 Å². The summed E-state index contributed by atoms with van der Waals surface area (Å²) in [6.45, 7) is 1.41. The van der Waals surface area contributed by atoms with Gasteiger partial charge < -0.3 is 5.11 Å². The van der Waals surface area contributed by atoms with Crippen LogP contribution in [-0.4, -0.2) is 31.9 Å². The number of aliphatic hydroxyl groups is 1. The van der Waals surface area contributed by atoms with Crippen LogP contribution < -0.4 is 4.72 Å². The van der Waals surface area contributed by atoms with E-state index in [2.05, 4.69) is 4.72 Å². The van der Waals surface area contributed by atoms with E-state index in [1.54, 1.807) is 6.07 Å². The summed E-state index contributed by atoms with van der Waals surface area (Å²) < 4.78 is 24.2. The van der Waals surface area contributed by atoms with Crippen LogP contribution in [0.4, 0.5) is 0 Å². The van der Waals surface area contributed by atoms with Gasteiger partial charge in [-0.1, -0.05) is 0 Å². The smallest absolute Gasteiger partial charge is 0.227 e. The highest BCUT2D eigenvalue weighted by molar-refractivity contribution is 7.90. The van der Waals surface area contributed by atoms with Gasteiger partial charge in [0.1, 0.15) is 0 Å². The van der Waals surface area contributed by atoms with E-state index in [4.69, 9.17) is 10.4 Å². The lowest BCUT2D eigenvalue weighted by molar-refractivity contribution is 0.289. The summed E-state index contributed by atoms with van der Waals surface area (Å²) >= 11 is 0. The molecule has 0 heterocycles. The van der Waals surface area contributed by atoms with Crippen LogP contribution in [0.5, 0.6) is 0 Å². The summed E-state index contributed by atoms with van der Waals surface area (Å²) in [5.41, 5.74) is 0. The molecule has 0 aromatic rings. The molecule has 0 saturated carbocycles. The lowest BCUT2D eigenvalue weighted by Crippen LogP contribution is -2.32. The fourth-order valence-corrected chi connectivity index (χ4v) is 1.31. The van der Waals surface area contributed by atoms with Crippen LogP contribution >= 0.6 is 0 Å². The predicted molar refractivity (Wildman–Crippen MR) is 43.7 cm³/mol. The van der Waals surface area contributed by atoms with Crippen LogP contribution in [0.3, 0.4) is 0 Å². The van der Waals surface area contributed by atoms with Crippen LogP contribution in [0.15, 0.2) is 0 Å². The third-order valence-electron chi connectivity index (χ3n) is 1.29. The Balaban J connectivity index is 3.99. The molecule has 5 nitrogen and oxygen atoms in total. The normalized spacial score (nSPS) is 13.8. The van der Waals surface area contributed by atoms with Crippen molar-refractivity contribution in [2.45, 2.75) is 18.6 Å². The van der Waals surface area contributed by atoms with Crippen LogP contribution in [0.1, 0.15) is 13.3 Å². The van der Waals surface area contributed by atoms with Gasteiger partial charge in [0.2, 0.25) is 10.0 Å². The average molecular weight is 192 g/mol. The molecule has 0 radical (unpaired) electrons. The topological polar surface area (TPSA) is 90.2 Å². The van der Waals surface area contributed by atoms with Crippen molar-refractivity contribution in [3.05, 3.63) is 0 Å². The molecule has 0 amide bonds. The predicted octanol–water partition coefficient (Wildman–Crippen LogP) is -0.800. The Morgan fingerprint density at radius 2 is 2.25 bits per heavy atom. The van der Waals surface area contributed by atoms with Gasteiger partial charge in [0.15, 0.2) is 5.25 Å². The molecule has 12 heavy (non-hydrogen) atoms. The Morgan fingerprint density at radius 1 is 1.67 bits per heavy atom. The summed E-state index contributed by atoms with van der Waals surface area (Å²) in [5, 5.41) is 15.6. The molecule has 1 atom stereocenters. The first kappa shape index (κ1) is 11.4. The second-order valence-electron chi connectivity index (χ2n) is 2.29. The third-order valence-corrected chi connectivity index (χ3v) is 2.93. The number of hydrogen-bond acceptors (Lipinski definition) is 4. The molecule has 0 saturated heterocycles. The van der Waals surface area contributed by atoms with E-state index < -0.39 is 15.3 Å². The second-order valence-corrected chi connectivity index (χ2v) is 4.37. The van der Waals surface area contributed by atoms with Crippen molar-refractivity contribution in [3.8, 4) is 6.07 Å². The first-order valence-electron chi connectivity index (χ1n) is 3.53. The van der Waals surface area contributed by atoms with E-state index in [0.717, 1.165) is 0 Å². The number of hydrogen-bond donors (Lipinski definition) is 2. The molecule has 0 spiro atoms. The number of nitriles is 1. The van der Waals surface area contributed by atoms with Crippen molar-refractivity contribution >= 4 is 10.0 Å². The minimum atomic E-state index is -3.50. The lowest BCUT2D eigenvalue weighted by Gasteiger charge is -2.05. The largest absolute Gasteiger partial charge is 0.396 e. The van der Waals surface area contributed by atoms with Crippen molar-refractivity contribution in [1.82, 2.24) is 4.72 Å². The van der Waals surface area contributed by atoms with Crippen molar-refractivity contribution < 1.29 is 13.5 Å². The summed E-state index contributed by atoms with van der Waals surface area (Å²) in [7, 11) is -3.50. The standard InChI is InChI=1S/C6H12N2O3S/c1-6(5-7)12(10,11)8-3-2-4-9/h6,8-9H,2-4H2,1H3. The van der Waals surface area contributed by atoms with Crippen LogP contribution in [0, 0.1) is 11.3 Å². The molecule has 0 aromatic heterocycles. The average Bonchev–Trinajstić information content (AvgIpc) is 2.03. The van der Waals surface area contributed by atoms with Crippen molar-refractivity contribution in [1.29, 1.82) is 5.26 Å². The third kappa shape index (κ3) is 3.67. The van der Waals surface area contributed by atoms with E-state index in [0.29, 0.717) is 6.42 Å². The van der Waals surface area contributed by atoms with Gasteiger partial charge in [0.25, 0.3) is 0 Å². The van der Waals surface area contributed by atoms with Gasteiger partial charge in [-0.25, -0.2) is 13.1 Å². The Bertz CT molecular complexity index is 254. The van der Waals surface area contributed by atoms with Crippen molar-refractivity contribution in [2.24, 2.45) is 0 Å². The minimum absolute atomic E-state index is 0.0660. The Labute approximate surface area is 72.1 Å². The first-order valence-corrected chi connectivity index (χ1v) is 5.08. The van der Waals surface area contributed by atoms with Gasteiger partial charge in [-0.05, 0) is 13.3 Å². The maximum atomic E-state index is 11.0. The van der Waals surface area contributed by atoms with Gasteiger partial charge in [-0.2, -0.15) is 5.26 Å². The summed E-state index contributed by atoms with van der Waals surface area (Å²) in [4.78, 5) is 0. The van der Waals surface area contributed by atoms with E-state index in [1.807, 2.05) is 0 Å². The highest BCUT2D eigenvalue weighted by Gasteiger charge is 2.18. The minimum Gasteiger partial charge on any atom is -0.396 e. The van der Waals surface area contributed by atoms with E-state index >= 15 is 0 Å². The van der Waals surface area contributed by atoms with Gasteiger partial charge in [0, 0.05) is 13.2 Å². The SMILES string of the molecule is CC(C#N)S(=O)(=O)NCCCO. The van der Waals surface area contributed by atoms with Crippen molar-refractivity contribution in [2.75, 3.05) is 13.2 Å². The zero-order valence-corrected chi connectivity index (χ0v) is 7.63. The van der Waals surface area contributed by atoms with E-state index in [-0.39, 0.29) is 13.2 Å². The molecule has 0 fully saturated rings. The molecule has 0 rings (SSSR count). The molecule has 0 bridgehead atoms. The molecule has 0 aliphatic heterocycles. The molecule has 0 aliphatic carbocycles. The molecular formula is C6H12N2O3S. The van der Waals surface area contributed by atoms with Crippen LogP contribution in [0.2, 0.25) is 0 Å². The first-order chi connectivity index (χ1) is 5.54. The number of sulfonamides is 1. The summed E-state index contributed by atoms with van der Waals surface area (Å²) in [5.74, 6) is 0. The quantitative estimate of drug-likeness (QED) is 0.558. The number of rotatable bonds is 5. The number of aliphatic hydroxyl groups excluding tert-OH is 1. The maximum absolute atomic E-state index is 11.0. The highest BCUT2D eigenvalue weighted by atomic mass is 32.2. The zero-order valence-electron chi connectivity index (χ0n) is 6.82. The van der Waals surface area contributed by atoms with Gasteiger partial charge in [0.05, 0.1) is 6.07 Å². The molecule has 70 valence electrons. The fraction of sp³-hybridized carbons (Fsp3) is 0.833. The van der Waals surface area contributed by atoms with Gasteiger partial charge >= 0.3 is 0 Å². The molecule has 1 unspecified atom stereocenters. The Morgan fingerprint density at radius 3 is 2.67 bits per heavy atom. The molecular weight excluding hydrogens is 180 g/mol. The molecule has 0 aliphatic rings. The zero-order chi connectivity index (χ0) is 9.61. The summed E-state index contributed by atoms with van der Waals surface area (Å²) in [6.07, 6.45) is 0.359. The fourth-order valence-electron chi connectivity index (χ4n) is 0.488. The Kier molecular flexibility index (Phi) is 4.81. The maximum Gasteiger partial charge on any atom is 0.227 e. The van der Waals surface area contributed by atoms with E-state index in [9.17, 15) is 8.42 Å². The molecule has 0 aromatic carbocycles. The molecule has 6 heteroatoms. The number of nitrogens with zero attached hydrogens (tertiary/aromatic N) is 1. The van der Waals surface area contributed by atoms with E-state index in [1.165, 1.54) is 6.92 Å². The lowest BCUT2D eigenvalue weighted by atomic mass is 10.5. The monoisotopic (exact) mass is 192 g/mol. The van der Waals surface area contributed by atoms with Gasteiger partial charge in [-0.15, -0.1) is 0 Å².